The smallest absolute Gasteiger partial charge is 0.338 e. The van der Waals surface area contributed by atoms with E-state index in [0.29, 0.717) is 0 Å². The van der Waals surface area contributed by atoms with Crippen LogP contribution >= 0.6 is 12.4 Å². The van der Waals surface area contributed by atoms with E-state index in [1.165, 1.54) is 0 Å². The third kappa shape index (κ3) is 1.73. The molecule has 6 nitrogen and oxygen atoms in total. The number of aliphatic carboxylic acids is 1. The Morgan fingerprint density at radius 3 is 2.73 bits per heavy atom. The van der Waals surface area contributed by atoms with Crippen LogP contribution in [0.15, 0.2) is 0 Å². The maximum Gasteiger partial charge on any atom is 0.338 e. The van der Waals surface area contributed by atoms with E-state index in [9.17, 15) is 13.2 Å². The second-order valence-electron chi connectivity index (χ2n) is 3.53. The molecule has 15 heavy (non-hydrogen) atoms. The van der Waals surface area contributed by atoms with Gasteiger partial charge in [0.05, 0.1) is 12.4 Å². The Morgan fingerprint density at radius 1 is 1.53 bits per heavy atom. The first-order chi connectivity index (χ1) is 6.49. The molecule has 2 atom stereocenters. The van der Waals surface area contributed by atoms with Crippen LogP contribution in [-0.4, -0.2) is 55.8 Å². The number of carboxylic acids is 1. The molecule has 88 valence electrons. The Labute approximate surface area is 93.3 Å². The van der Waals surface area contributed by atoms with Crippen LogP contribution in [0.4, 0.5) is 0 Å². The highest BCUT2D eigenvalue weighted by Crippen LogP contribution is 2.30. The lowest BCUT2D eigenvalue weighted by Gasteiger charge is -2.34. The molecular weight excluding hydrogens is 246 g/mol. The Balaban J connectivity index is 0.00000112. The van der Waals surface area contributed by atoms with E-state index in [2.05, 4.69) is 5.32 Å². The van der Waals surface area contributed by atoms with Crippen LogP contribution in [0.5, 0.6) is 0 Å². The number of fused-ring (bicyclic) bond motifs is 1. The number of hydrogen-bond donors (Lipinski definition) is 2. The molecule has 0 bridgehead atoms. The van der Waals surface area contributed by atoms with Crippen LogP contribution in [0.2, 0.25) is 0 Å². The Bertz CT molecular complexity index is 370. The van der Waals surface area contributed by atoms with Crippen molar-refractivity contribution in [2.24, 2.45) is 0 Å². The van der Waals surface area contributed by atoms with Crippen molar-refractivity contribution in [3.05, 3.63) is 0 Å². The van der Waals surface area contributed by atoms with Crippen molar-refractivity contribution in [1.82, 2.24) is 5.32 Å². The lowest BCUT2D eigenvalue weighted by atomic mass is 10.0. The Morgan fingerprint density at radius 2 is 2.20 bits per heavy atom. The zero-order valence-corrected chi connectivity index (χ0v) is 9.44. The Kier molecular flexibility index (Phi) is 3.30. The van der Waals surface area contributed by atoms with Crippen molar-refractivity contribution in [3.63, 3.8) is 0 Å². The molecule has 2 aliphatic rings. The average Bonchev–Trinajstić information content (AvgIpc) is 2.49. The van der Waals surface area contributed by atoms with Gasteiger partial charge in [0, 0.05) is 13.1 Å². The number of carboxylic acid groups (broad SMARTS) is 1. The predicted molar refractivity (Wildman–Crippen MR) is 54.0 cm³/mol. The topological polar surface area (TPSA) is 92.7 Å². The largest absolute Gasteiger partial charge is 0.479 e. The number of sulfone groups is 1. The molecule has 0 saturated carbocycles. The summed E-state index contributed by atoms with van der Waals surface area (Å²) in [5.74, 6) is -1.29. The molecule has 0 aromatic heterocycles. The van der Waals surface area contributed by atoms with Gasteiger partial charge in [0.15, 0.2) is 15.4 Å². The summed E-state index contributed by atoms with van der Waals surface area (Å²) in [4.78, 5) is 11.0. The van der Waals surface area contributed by atoms with Gasteiger partial charge in [-0.05, 0) is 0 Å². The summed E-state index contributed by atoms with van der Waals surface area (Å²) < 4.78 is 28.3. The molecule has 0 amide bonds. The van der Waals surface area contributed by atoms with Crippen molar-refractivity contribution in [2.45, 2.75) is 10.9 Å². The minimum Gasteiger partial charge on any atom is -0.479 e. The van der Waals surface area contributed by atoms with Gasteiger partial charge in [-0.15, -0.1) is 12.4 Å². The van der Waals surface area contributed by atoms with Gasteiger partial charge in [0.1, 0.15) is 5.25 Å². The maximum atomic E-state index is 11.6. The molecule has 0 aromatic rings. The van der Waals surface area contributed by atoms with Gasteiger partial charge < -0.3 is 15.2 Å². The van der Waals surface area contributed by atoms with E-state index in [1.807, 2.05) is 0 Å². The van der Waals surface area contributed by atoms with E-state index >= 15 is 0 Å². The summed E-state index contributed by atoms with van der Waals surface area (Å²) >= 11 is 0. The lowest BCUT2D eigenvalue weighted by Crippen LogP contribution is -2.58. The zero-order valence-electron chi connectivity index (χ0n) is 7.80. The number of ether oxygens (including phenoxy) is 1. The maximum absolute atomic E-state index is 11.6. The predicted octanol–water partition coefficient (Wildman–Crippen LogP) is -1.35. The molecule has 0 aromatic carbocycles. The molecule has 2 aliphatic heterocycles. The summed E-state index contributed by atoms with van der Waals surface area (Å²) in [6.45, 7) is 0.188. The quantitative estimate of drug-likeness (QED) is 0.603. The van der Waals surface area contributed by atoms with Crippen molar-refractivity contribution in [3.8, 4) is 0 Å². The first-order valence-corrected chi connectivity index (χ1v) is 6.00. The summed E-state index contributed by atoms with van der Waals surface area (Å²) in [7, 11) is -3.33. The normalized spacial score (nSPS) is 37.7. The molecule has 8 heteroatoms. The van der Waals surface area contributed by atoms with E-state index in [4.69, 9.17) is 9.84 Å². The van der Waals surface area contributed by atoms with Crippen LogP contribution in [0, 0.1) is 0 Å². The van der Waals surface area contributed by atoms with E-state index < -0.39 is 26.7 Å². The van der Waals surface area contributed by atoms with E-state index in [0.717, 1.165) is 0 Å². The molecule has 2 fully saturated rings. The van der Waals surface area contributed by atoms with Gasteiger partial charge >= 0.3 is 5.97 Å². The van der Waals surface area contributed by atoms with Crippen LogP contribution in [-0.2, 0) is 19.4 Å². The number of rotatable bonds is 1. The van der Waals surface area contributed by atoms with Gasteiger partial charge in [0.25, 0.3) is 0 Å². The number of halogens is 1. The monoisotopic (exact) mass is 257 g/mol. The molecule has 2 heterocycles. The highest BCUT2D eigenvalue weighted by molar-refractivity contribution is 7.92. The fourth-order valence-corrected chi connectivity index (χ4v) is 3.79. The second kappa shape index (κ2) is 3.89. The second-order valence-corrected chi connectivity index (χ2v) is 5.83. The van der Waals surface area contributed by atoms with Gasteiger partial charge in [0.2, 0.25) is 0 Å². The molecule has 2 saturated heterocycles. The van der Waals surface area contributed by atoms with Gasteiger partial charge in [-0.1, -0.05) is 0 Å². The number of nitrogens with one attached hydrogen (secondary N) is 1. The van der Waals surface area contributed by atoms with Crippen molar-refractivity contribution in [1.29, 1.82) is 0 Å². The van der Waals surface area contributed by atoms with Gasteiger partial charge in [-0.25, -0.2) is 13.2 Å². The fourth-order valence-electron chi connectivity index (χ4n) is 1.99. The minimum absolute atomic E-state index is 0. The fraction of sp³-hybridized carbons (Fsp3) is 0.857. The van der Waals surface area contributed by atoms with Crippen LogP contribution < -0.4 is 5.32 Å². The number of carbonyl (C=O) groups is 1. The van der Waals surface area contributed by atoms with Crippen LogP contribution in [0.3, 0.4) is 0 Å². The van der Waals surface area contributed by atoms with E-state index in [-0.39, 0.29) is 37.9 Å². The highest BCUT2D eigenvalue weighted by Gasteiger charge is 2.58. The SMILES string of the molecule is Cl.O=C(O)[C@]12CNC[C@H]1S(=O)(=O)CCO2. The molecule has 0 radical (unpaired) electrons. The first kappa shape index (κ1) is 12.7. The molecule has 2 rings (SSSR count). The molecule has 0 unspecified atom stereocenters. The third-order valence-corrected chi connectivity index (χ3v) is 4.91. The molecule has 0 aliphatic carbocycles. The lowest BCUT2D eigenvalue weighted by molar-refractivity contribution is -0.163. The molecule has 2 N–H and O–H groups in total. The molecular formula is C7H12ClNO5S. The standard InChI is InChI=1S/C7H11NO5S.ClH/c9-6(10)7-4-8-3-5(7)14(11,12)2-1-13-7;/h5,8H,1-4H2,(H,9,10);1H/t5-,7+;/m1./s1. The van der Waals surface area contributed by atoms with Crippen molar-refractivity contribution < 1.29 is 23.1 Å². The van der Waals surface area contributed by atoms with Gasteiger partial charge in [-0.2, -0.15) is 0 Å². The number of hydrogen-bond acceptors (Lipinski definition) is 5. The van der Waals surface area contributed by atoms with Crippen LogP contribution in [0.1, 0.15) is 0 Å². The summed E-state index contributed by atoms with van der Waals surface area (Å²) in [5, 5.41) is 10.8. The third-order valence-electron chi connectivity index (χ3n) is 2.76. The Hall–Kier alpha value is -0.370. The van der Waals surface area contributed by atoms with Crippen LogP contribution in [0.25, 0.3) is 0 Å². The van der Waals surface area contributed by atoms with E-state index in [1.54, 1.807) is 0 Å². The molecule has 0 spiro atoms. The first-order valence-electron chi connectivity index (χ1n) is 4.29. The summed E-state index contributed by atoms with van der Waals surface area (Å²) in [5.41, 5.74) is -1.56. The van der Waals surface area contributed by atoms with Crippen molar-refractivity contribution in [2.75, 3.05) is 25.4 Å². The van der Waals surface area contributed by atoms with Crippen molar-refractivity contribution >= 4 is 28.2 Å². The van der Waals surface area contributed by atoms with Gasteiger partial charge in [-0.3, -0.25) is 0 Å². The zero-order chi connectivity index (χ0) is 10.4. The minimum atomic E-state index is -3.33. The average molecular weight is 258 g/mol. The summed E-state index contributed by atoms with van der Waals surface area (Å²) in [6, 6.07) is 0. The highest BCUT2D eigenvalue weighted by atomic mass is 35.5. The summed E-state index contributed by atoms with van der Waals surface area (Å²) in [6.07, 6.45) is 0.